The minimum absolute atomic E-state index is 0.0479. The molecule has 2 N–H and O–H groups in total. The Balaban J connectivity index is 3.29. The summed E-state index contributed by atoms with van der Waals surface area (Å²) in [5.41, 5.74) is 0. The van der Waals surface area contributed by atoms with Crippen molar-refractivity contribution < 1.29 is 19.4 Å². The van der Waals surface area contributed by atoms with Gasteiger partial charge in [-0.1, -0.05) is 0 Å². The van der Waals surface area contributed by atoms with Crippen molar-refractivity contribution in [2.75, 3.05) is 32.9 Å². The maximum Gasteiger partial charge on any atom is 0.308 e. The average molecular weight is 233 g/mol. The van der Waals surface area contributed by atoms with Crippen LogP contribution in [0.4, 0.5) is 0 Å². The Bertz CT molecular complexity index is 175. The second kappa shape index (κ2) is 10.9. The molecule has 96 valence electrons. The van der Waals surface area contributed by atoms with Gasteiger partial charge in [0, 0.05) is 19.8 Å². The Kier molecular flexibility index (Phi) is 10.4. The molecule has 0 saturated carbocycles. The quantitative estimate of drug-likeness (QED) is 0.420. The van der Waals surface area contributed by atoms with Gasteiger partial charge in [-0.15, -0.1) is 0 Å². The number of ether oxygens (including phenoxy) is 2. The lowest BCUT2D eigenvalue weighted by Gasteiger charge is -2.10. The zero-order valence-corrected chi connectivity index (χ0v) is 10.2. The Morgan fingerprint density at radius 1 is 1.38 bits per heavy atom. The van der Waals surface area contributed by atoms with Crippen LogP contribution in [-0.2, 0) is 14.3 Å². The molecule has 0 heterocycles. The van der Waals surface area contributed by atoms with E-state index in [1.165, 1.54) is 0 Å². The van der Waals surface area contributed by atoms with Crippen molar-refractivity contribution in [2.24, 2.45) is 0 Å². The highest BCUT2D eigenvalue weighted by molar-refractivity contribution is 5.69. The lowest BCUT2D eigenvalue weighted by atomic mass is 10.2. The van der Waals surface area contributed by atoms with Gasteiger partial charge in [0.1, 0.15) is 0 Å². The fourth-order valence-corrected chi connectivity index (χ4v) is 1.20. The topological polar surface area (TPSA) is 67.8 Å². The molecule has 0 aromatic heterocycles. The lowest BCUT2D eigenvalue weighted by Crippen LogP contribution is -2.30. The third kappa shape index (κ3) is 9.89. The Labute approximate surface area is 97.1 Å². The SMILES string of the molecule is CCOCCCNCC(O)CC(=O)OCC. The molecule has 0 aliphatic heterocycles. The third-order valence-electron chi connectivity index (χ3n) is 1.93. The molecule has 1 unspecified atom stereocenters. The van der Waals surface area contributed by atoms with Crippen LogP contribution < -0.4 is 5.32 Å². The van der Waals surface area contributed by atoms with Gasteiger partial charge < -0.3 is 19.9 Å². The standard InChI is InChI=1S/C11H23NO4/c1-3-15-7-5-6-12-9-10(13)8-11(14)16-4-2/h10,12-13H,3-9H2,1-2H3. The summed E-state index contributed by atoms with van der Waals surface area (Å²) in [6.45, 7) is 6.69. The molecule has 0 amide bonds. The summed E-state index contributed by atoms with van der Waals surface area (Å²) in [5, 5.41) is 12.5. The van der Waals surface area contributed by atoms with Crippen LogP contribution >= 0.6 is 0 Å². The molecular weight excluding hydrogens is 210 g/mol. The molecule has 5 heteroatoms. The van der Waals surface area contributed by atoms with E-state index in [4.69, 9.17) is 9.47 Å². The number of hydrogen-bond acceptors (Lipinski definition) is 5. The van der Waals surface area contributed by atoms with Crippen molar-refractivity contribution in [3.63, 3.8) is 0 Å². The number of aliphatic hydroxyl groups excluding tert-OH is 1. The largest absolute Gasteiger partial charge is 0.466 e. The summed E-state index contributed by atoms with van der Waals surface area (Å²) in [5.74, 6) is -0.355. The summed E-state index contributed by atoms with van der Waals surface area (Å²) in [4.78, 5) is 11.0. The second-order valence-electron chi connectivity index (χ2n) is 3.42. The number of esters is 1. The summed E-state index contributed by atoms with van der Waals surface area (Å²) in [6.07, 6.45) is 0.276. The Hall–Kier alpha value is -0.650. The summed E-state index contributed by atoms with van der Waals surface area (Å²) in [7, 11) is 0. The number of carbonyl (C=O) groups is 1. The first kappa shape index (κ1) is 15.3. The van der Waals surface area contributed by atoms with E-state index in [9.17, 15) is 9.90 Å². The molecule has 0 saturated heterocycles. The molecule has 0 bridgehead atoms. The maximum absolute atomic E-state index is 11.0. The first-order valence-corrected chi connectivity index (χ1v) is 5.82. The van der Waals surface area contributed by atoms with Gasteiger partial charge in [0.25, 0.3) is 0 Å². The molecule has 5 nitrogen and oxygen atoms in total. The van der Waals surface area contributed by atoms with Crippen LogP contribution in [0.3, 0.4) is 0 Å². The highest BCUT2D eigenvalue weighted by Gasteiger charge is 2.10. The molecule has 0 radical (unpaired) electrons. The van der Waals surface area contributed by atoms with Gasteiger partial charge in [-0.2, -0.15) is 0 Å². The van der Waals surface area contributed by atoms with Gasteiger partial charge in [-0.05, 0) is 26.8 Å². The second-order valence-corrected chi connectivity index (χ2v) is 3.42. The smallest absolute Gasteiger partial charge is 0.308 e. The molecule has 1 atom stereocenters. The van der Waals surface area contributed by atoms with E-state index in [0.29, 0.717) is 13.2 Å². The van der Waals surface area contributed by atoms with Gasteiger partial charge in [-0.3, -0.25) is 4.79 Å². The third-order valence-corrected chi connectivity index (χ3v) is 1.93. The van der Waals surface area contributed by atoms with E-state index in [1.54, 1.807) is 6.92 Å². The fourth-order valence-electron chi connectivity index (χ4n) is 1.20. The highest BCUT2D eigenvalue weighted by Crippen LogP contribution is 1.93. The molecule has 0 fully saturated rings. The molecule has 0 aromatic carbocycles. The fraction of sp³-hybridized carbons (Fsp3) is 0.909. The summed E-state index contributed by atoms with van der Waals surface area (Å²) in [6, 6.07) is 0. The monoisotopic (exact) mass is 233 g/mol. The molecule has 0 aromatic rings. The van der Waals surface area contributed by atoms with Gasteiger partial charge in [0.05, 0.1) is 19.1 Å². The summed E-state index contributed by atoms with van der Waals surface area (Å²) < 4.78 is 9.89. The minimum Gasteiger partial charge on any atom is -0.466 e. The number of carbonyl (C=O) groups excluding carboxylic acids is 1. The number of aliphatic hydroxyl groups is 1. The van der Waals surface area contributed by atoms with Crippen molar-refractivity contribution in [1.82, 2.24) is 5.32 Å². The van der Waals surface area contributed by atoms with E-state index < -0.39 is 6.10 Å². The van der Waals surface area contributed by atoms with E-state index in [2.05, 4.69) is 5.32 Å². The number of hydrogen-bond donors (Lipinski definition) is 2. The normalized spacial score (nSPS) is 12.4. The minimum atomic E-state index is -0.675. The molecule has 16 heavy (non-hydrogen) atoms. The van der Waals surface area contributed by atoms with Gasteiger partial charge in [0.15, 0.2) is 0 Å². The first-order valence-electron chi connectivity index (χ1n) is 5.82. The number of rotatable bonds is 10. The molecular formula is C11H23NO4. The maximum atomic E-state index is 11.0. The summed E-state index contributed by atoms with van der Waals surface area (Å²) >= 11 is 0. The van der Waals surface area contributed by atoms with Crippen molar-refractivity contribution in [2.45, 2.75) is 32.8 Å². The van der Waals surface area contributed by atoms with Crippen molar-refractivity contribution in [3.05, 3.63) is 0 Å². The zero-order chi connectivity index (χ0) is 12.2. The predicted molar refractivity (Wildman–Crippen MR) is 61.2 cm³/mol. The highest BCUT2D eigenvalue weighted by atomic mass is 16.5. The van der Waals surface area contributed by atoms with E-state index in [0.717, 1.165) is 26.2 Å². The van der Waals surface area contributed by atoms with Crippen LogP contribution in [0.15, 0.2) is 0 Å². The van der Waals surface area contributed by atoms with Gasteiger partial charge in [-0.25, -0.2) is 0 Å². The van der Waals surface area contributed by atoms with Gasteiger partial charge >= 0.3 is 5.97 Å². The lowest BCUT2D eigenvalue weighted by molar-refractivity contribution is -0.145. The first-order chi connectivity index (χ1) is 7.70. The average Bonchev–Trinajstić information content (AvgIpc) is 2.23. The predicted octanol–water partition coefficient (Wildman–Crippen LogP) is 0.317. The van der Waals surface area contributed by atoms with Crippen molar-refractivity contribution in [1.29, 1.82) is 0 Å². The van der Waals surface area contributed by atoms with Crippen LogP contribution in [0.5, 0.6) is 0 Å². The van der Waals surface area contributed by atoms with E-state index in [-0.39, 0.29) is 12.4 Å². The van der Waals surface area contributed by atoms with E-state index >= 15 is 0 Å². The molecule has 0 aliphatic carbocycles. The van der Waals surface area contributed by atoms with Crippen LogP contribution in [0.1, 0.15) is 26.7 Å². The molecule has 0 spiro atoms. The van der Waals surface area contributed by atoms with Crippen molar-refractivity contribution in [3.8, 4) is 0 Å². The van der Waals surface area contributed by atoms with Crippen LogP contribution in [0.25, 0.3) is 0 Å². The van der Waals surface area contributed by atoms with Gasteiger partial charge in [0.2, 0.25) is 0 Å². The van der Waals surface area contributed by atoms with Crippen LogP contribution in [0, 0.1) is 0 Å². The zero-order valence-electron chi connectivity index (χ0n) is 10.2. The molecule has 0 rings (SSSR count). The number of nitrogens with one attached hydrogen (secondary N) is 1. The van der Waals surface area contributed by atoms with E-state index in [1.807, 2.05) is 6.92 Å². The molecule has 0 aliphatic rings. The van der Waals surface area contributed by atoms with Crippen molar-refractivity contribution >= 4 is 5.97 Å². The van der Waals surface area contributed by atoms with Crippen LogP contribution in [0.2, 0.25) is 0 Å². The van der Waals surface area contributed by atoms with Crippen LogP contribution in [-0.4, -0.2) is 50.1 Å². The Morgan fingerprint density at radius 2 is 2.12 bits per heavy atom. The Morgan fingerprint density at radius 3 is 2.75 bits per heavy atom.